The van der Waals surface area contributed by atoms with Crippen molar-refractivity contribution >= 4 is 17.6 Å². The standard InChI is InChI=1S/C14H17ClFNO2/c1-19-14(18)10-4-3-7-17(8-10)9-11-12(15)5-2-6-13(11)16/h2,5-6,10H,3-4,7-9H2,1H3/t10-/m0/s1. The van der Waals surface area contributed by atoms with Crippen LogP contribution in [0.1, 0.15) is 18.4 Å². The van der Waals surface area contributed by atoms with Gasteiger partial charge in [-0.1, -0.05) is 17.7 Å². The Kier molecular flexibility index (Phi) is 4.77. The van der Waals surface area contributed by atoms with Gasteiger partial charge < -0.3 is 4.74 Å². The van der Waals surface area contributed by atoms with Crippen molar-refractivity contribution in [2.45, 2.75) is 19.4 Å². The van der Waals surface area contributed by atoms with Gasteiger partial charge in [-0.2, -0.15) is 0 Å². The van der Waals surface area contributed by atoms with E-state index in [9.17, 15) is 9.18 Å². The number of benzene rings is 1. The molecule has 0 radical (unpaired) electrons. The molecule has 0 N–H and O–H groups in total. The van der Waals surface area contributed by atoms with Gasteiger partial charge in [0.05, 0.1) is 13.0 Å². The maximum absolute atomic E-state index is 13.7. The largest absolute Gasteiger partial charge is 0.469 e. The van der Waals surface area contributed by atoms with Crippen LogP contribution in [0.5, 0.6) is 0 Å². The van der Waals surface area contributed by atoms with E-state index in [1.807, 2.05) is 0 Å². The maximum atomic E-state index is 13.7. The molecule has 1 aromatic carbocycles. The van der Waals surface area contributed by atoms with E-state index in [4.69, 9.17) is 16.3 Å². The van der Waals surface area contributed by atoms with Gasteiger partial charge in [0.15, 0.2) is 0 Å². The van der Waals surface area contributed by atoms with E-state index in [0.29, 0.717) is 23.7 Å². The van der Waals surface area contributed by atoms with Crippen LogP contribution >= 0.6 is 11.6 Å². The number of hydrogen-bond donors (Lipinski definition) is 0. The molecule has 0 aromatic heterocycles. The Bertz CT molecular complexity index is 447. The second kappa shape index (κ2) is 6.35. The van der Waals surface area contributed by atoms with Crippen LogP contribution in [-0.4, -0.2) is 31.1 Å². The highest BCUT2D eigenvalue weighted by Gasteiger charge is 2.27. The highest BCUT2D eigenvalue weighted by atomic mass is 35.5. The number of esters is 1. The number of likely N-dealkylation sites (tertiary alicyclic amines) is 1. The van der Waals surface area contributed by atoms with Crippen molar-refractivity contribution in [3.63, 3.8) is 0 Å². The number of methoxy groups -OCH3 is 1. The topological polar surface area (TPSA) is 29.5 Å². The van der Waals surface area contributed by atoms with E-state index < -0.39 is 0 Å². The van der Waals surface area contributed by atoms with Gasteiger partial charge in [0, 0.05) is 23.7 Å². The molecule has 1 saturated heterocycles. The van der Waals surface area contributed by atoms with E-state index in [0.717, 1.165) is 19.4 Å². The smallest absolute Gasteiger partial charge is 0.309 e. The lowest BCUT2D eigenvalue weighted by molar-refractivity contribution is -0.147. The first kappa shape index (κ1) is 14.3. The van der Waals surface area contributed by atoms with Gasteiger partial charge in [-0.25, -0.2) is 4.39 Å². The van der Waals surface area contributed by atoms with E-state index in [1.165, 1.54) is 13.2 Å². The summed E-state index contributed by atoms with van der Waals surface area (Å²) >= 11 is 6.02. The van der Waals surface area contributed by atoms with Gasteiger partial charge in [-0.05, 0) is 31.5 Å². The molecule has 1 fully saturated rings. The molecule has 0 spiro atoms. The first-order chi connectivity index (χ1) is 9.11. The van der Waals surface area contributed by atoms with E-state index in [1.54, 1.807) is 12.1 Å². The van der Waals surface area contributed by atoms with Crippen molar-refractivity contribution in [2.24, 2.45) is 5.92 Å². The van der Waals surface area contributed by atoms with E-state index >= 15 is 0 Å². The Labute approximate surface area is 117 Å². The molecular formula is C14H17ClFNO2. The first-order valence-electron chi connectivity index (χ1n) is 6.35. The summed E-state index contributed by atoms with van der Waals surface area (Å²) in [5.41, 5.74) is 0.495. The fourth-order valence-electron chi connectivity index (χ4n) is 2.47. The Balaban J connectivity index is 2.05. The number of carbonyl (C=O) groups excluding carboxylic acids is 1. The van der Waals surface area contributed by atoms with Gasteiger partial charge in [-0.15, -0.1) is 0 Å². The number of nitrogens with zero attached hydrogens (tertiary/aromatic N) is 1. The lowest BCUT2D eigenvalue weighted by Gasteiger charge is -2.31. The number of rotatable bonds is 3. The van der Waals surface area contributed by atoms with Crippen molar-refractivity contribution in [2.75, 3.05) is 20.2 Å². The van der Waals surface area contributed by atoms with Gasteiger partial charge in [-0.3, -0.25) is 9.69 Å². The number of carbonyl (C=O) groups is 1. The summed E-state index contributed by atoms with van der Waals surface area (Å²) in [6, 6.07) is 4.68. The molecule has 2 rings (SSSR count). The number of halogens is 2. The minimum absolute atomic E-state index is 0.121. The van der Waals surface area contributed by atoms with Crippen LogP contribution < -0.4 is 0 Å². The summed E-state index contributed by atoms with van der Waals surface area (Å²) in [4.78, 5) is 13.6. The fourth-order valence-corrected chi connectivity index (χ4v) is 2.69. The zero-order chi connectivity index (χ0) is 13.8. The zero-order valence-electron chi connectivity index (χ0n) is 10.9. The predicted octanol–water partition coefficient (Wildman–Crippen LogP) is 2.86. The minimum Gasteiger partial charge on any atom is -0.469 e. The molecule has 3 nitrogen and oxygen atoms in total. The molecule has 0 amide bonds. The molecule has 1 aromatic rings. The number of piperidine rings is 1. The van der Waals surface area contributed by atoms with Crippen LogP contribution in [0.25, 0.3) is 0 Å². The van der Waals surface area contributed by atoms with Crippen molar-refractivity contribution in [3.8, 4) is 0 Å². The third kappa shape index (κ3) is 3.45. The summed E-state index contributed by atoms with van der Waals surface area (Å²) in [6.45, 7) is 1.87. The zero-order valence-corrected chi connectivity index (χ0v) is 11.6. The van der Waals surface area contributed by atoms with Crippen LogP contribution in [0, 0.1) is 11.7 Å². The van der Waals surface area contributed by atoms with Gasteiger partial charge in [0.1, 0.15) is 5.82 Å². The van der Waals surface area contributed by atoms with Crippen LogP contribution in [0.2, 0.25) is 5.02 Å². The first-order valence-corrected chi connectivity index (χ1v) is 6.72. The molecule has 104 valence electrons. The van der Waals surface area contributed by atoms with Gasteiger partial charge in [0.25, 0.3) is 0 Å². The lowest BCUT2D eigenvalue weighted by Crippen LogP contribution is -2.38. The Morgan fingerprint density at radius 3 is 3.05 bits per heavy atom. The fraction of sp³-hybridized carbons (Fsp3) is 0.500. The summed E-state index contributed by atoms with van der Waals surface area (Å²) in [5.74, 6) is -0.610. The van der Waals surface area contributed by atoms with Crippen molar-refractivity contribution in [1.29, 1.82) is 0 Å². The van der Waals surface area contributed by atoms with E-state index in [-0.39, 0.29) is 17.7 Å². The molecule has 5 heteroatoms. The third-order valence-electron chi connectivity index (χ3n) is 3.48. The summed E-state index contributed by atoms with van der Waals surface area (Å²) in [6.07, 6.45) is 1.74. The highest BCUT2D eigenvalue weighted by Crippen LogP contribution is 2.24. The minimum atomic E-state index is -0.298. The molecule has 1 heterocycles. The van der Waals surface area contributed by atoms with Gasteiger partial charge >= 0.3 is 5.97 Å². The lowest BCUT2D eigenvalue weighted by atomic mass is 9.97. The second-order valence-electron chi connectivity index (χ2n) is 4.80. The SMILES string of the molecule is COC(=O)[C@H]1CCCN(Cc2c(F)cccc2Cl)C1. The van der Waals surface area contributed by atoms with Crippen molar-refractivity contribution < 1.29 is 13.9 Å². The molecule has 0 bridgehead atoms. The number of hydrogen-bond acceptors (Lipinski definition) is 3. The molecule has 0 aliphatic carbocycles. The molecular weight excluding hydrogens is 269 g/mol. The normalized spacial score (nSPS) is 20.3. The highest BCUT2D eigenvalue weighted by molar-refractivity contribution is 6.31. The third-order valence-corrected chi connectivity index (χ3v) is 3.84. The average Bonchev–Trinajstić information content (AvgIpc) is 2.42. The van der Waals surface area contributed by atoms with Crippen LogP contribution in [0.15, 0.2) is 18.2 Å². The Morgan fingerprint density at radius 2 is 2.37 bits per heavy atom. The predicted molar refractivity (Wildman–Crippen MR) is 71.4 cm³/mol. The molecule has 0 saturated carbocycles. The van der Waals surface area contributed by atoms with Crippen LogP contribution in [-0.2, 0) is 16.1 Å². The van der Waals surface area contributed by atoms with E-state index in [2.05, 4.69) is 4.90 Å². The molecule has 1 aliphatic rings. The van der Waals surface area contributed by atoms with Crippen molar-refractivity contribution in [3.05, 3.63) is 34.6 Å². The summed E-state index contributed by atoms with van der Waals surface area (Å²) in [7, 11) is 1.40. The number of ether oxygens (including phenoxy) is 1. The quantitative estimate of drug-likeness (QED) is 0.800. The Morgan fingerprint density at radius 1 is 1.58 bits per heavy atom. The summed E-state index contributed by atoms with van der Waals surface area (Å²) in [5, 5.41) is 0.431. The molecule has 0 unspecified atom stereocenters. The van der Waals surface area contributed by atoms with Crippen LogP contribution in [0.4, 0.5) is 4.39 Å². The Hall–Kier alpha value is -1.13. The maximum Gasteiger partial charge on any atom is 0.309 e. The van der Waals surface area contributed by atoms with Crippen molar-refractivity contribution in [1.82, 2.24) is 4.90 Å². The van der Waals surface area contributed by atoms with Crippen LogP contribution in [0.3, 0.4) is 0 Å². The monoisotopic (exact) mass is 285 g/mol. The molecule has 1 atom stereocenters. The van der Waals surface area contributed by atoms with Gasteiger partial charge in [0.2, 0.25) is 0 Å². The second-order valence-corrected chi connectivity index (χ2v) is 5.20. The average molecular weight is 286 g/mol. The molecule has 19 heavy (non-hydrogen) atoms. The molecule has 1 aliphatic heterocycles. The summed E-state index contributed by atoms with van der Waals surface area (Å²) < 4.78 is 18.5.